The van der Waals surface area contributed by atoms with Crippen LogP contribution >= 0.6 is 15.9 Å². The summed E-state index contributed by atoms with van der Waals surface area (Å²) in [5.41, 5.74) is 2.12. The van der Waals surface area contributed by atoms with Crippen molar-refractivity contribution in [1.82, 2.24) is 0 Å². The van der Waals surface area contributed by atoms with Crippen molar-refractivity contribution in [2.75, 3.05) is 6.61 Å². The Bertz CT molecular complexity index is 568. The maximum absolute atomic E-state index is 10.5. The van der Waals surface area contributed by atoms with Crippen molar-refractivity contribution in [1.29, 1.82) is 0 Å². The predicted octanol–water partition coefficient (Wildman–Crippen LogP) is 3.73. The van der Waals surface area contributed by atoms with E-state index in [2.05, 4.69) is 28.1 Å². The smallest absolute Gasteiger partial charge is 0.126 e. The number of halogens is 1. The highest BCUT2D eigenvalue weighted by Crippen LogP contribution is 2.38. The number of ether oxygens (including phenoxy) is 1. The van der Waals surface area contributed by atoms with Crippen LogP contribution in [0.5, 0.6) is 5.75 Å². The summed E-state index contributed by atoms with van der Waals surface area (Å²) in [5.74, 6) is 0.891. The van der Waals surface area contributed by atoms with E-state index >= 15 is 0 Å². The lowest BCUT2D eigenvalue weighted by Gasteiger charge is -2.30. The first-order valence-corrected chi connectivity index (χ1v) is 7.17. The molecule has 0 radical (unpaired) electrons. The summed E-state index contributed by atoms with van der Waals surface area (Å²) in [5, 5.41) is 10.5. The largest absolute Gasteiger partial charge is 0.493 e. The third kappa shape index (κ3) is 2.67. The molecule has 3 rings (SSSR count). The van der Waals surface area contributed by atoms with Crippen molar-refractivity contribution in [2.24, 2.45) is 5.92 Å². The summed E-state index contributed by atoms with van der Waals surface area (Å²) in [6.45, 7) is 0.555. The van der Waals surface area contributed by atoms with Gasteiger partial charge in [0, 0.05) is 16.0 Å². The number of aliphatic hydroxyl groups excluding tert-OH is 1. The Morgan fingerprint density at radius 3 is 2.74 bits per heavy atom. The van der Waals surface area contributed by atoms with Gasteiger partial charge in [0.1, 0.15) is 5.75 Å². The van der Waals surface area contributed by atoms with Crippen LogP contribution in [-0.2, 0) is 6.42 Å². The van der Waals surface area contributed by atoms with Gasteiger partial charge in [-0.25, -0.2) is 0 Å². The first-order chi connectivity index (χ1) is 9.24. The normalized spacial score (nSPS) is 21.6. The molecule has 0 fully saturated rings. The molecular formula is C16H15BrO2. The van der Waals surface area contributed by atoms with Gasteiger partial charge in [-0.1, -0.05) is 52.3 Å². The topological polar surface area (TPSA) is 29.5 Å². The van der Waals surface area contributed by atoms with Gasteiger partial charge >= 0.3 is 0 Å². The van der Waals surface area contributed by atoms with Crippen molar-refractivity contribution >= 4 is 15.9 Å². The molecular weight excluding hydrogens is 304 g/mol. The van der Waals surface area contributed by atoms with Crippen LogP contribution in [0.4, 0.5) is 0 Å². The molecule has 0 spiro atoms. The summed E-state index contributed by atoms with van der Waals surface area (Å²) in [6, 6.07) is 16.0. The molecule has 0 aromatic heterocycles. The summed E-state index contributed by atoms with van der Waals surface area (Å²) in [4.78, 5) is 0. The van der Waals surface area contributed by atoms with Gasteiger partial charge < -0.3 is 9.84 Å². The zero-order chi connectivity index (χ0) is 13.2. The Morgan fingerprint density at radius 2 is 1.95 bits per heavy atom. The lowest BCUT2D eigenvalue weighted by Crippen LogP contribution is -2.27. The molecule has 98 valence electrons. The SMILES string of the molecule is OC1c2ccc(Br)cc2OCC1Cc1ccccc1. The van der Waals surface area contributed by atoms with Crippen LogP contribution in [0.3, 0.4) is 0 Å². The van der Waals surface area contributed by atoms with Crippen molar-refractivity contribution in [2.45, 2.75) is 12.5 Å². The molecule has 0 aliphatic carbocycles. The van der Waals surface area contributed by atoms with Crippen molar-refractivity contribution in [3.05, 3.63) is 64.1 Å². The van der Waals surface area contributed by atoms with Crippen molar-refractivity contribution < 1.29 is 9.84 Å². The van der Waals surface area contributed by atoms with Crippen LogP contribution in [0, 0.1) is 5.92 Å². The van der Waals surface area contributed by atoms with Gasteiger partial charge in [0.25, 0.3) is 0 Å². The standard InChI is InChI=1S/C16H15BrO2/c17-13-6-7-14-15(9-13)19-10-12(16(14)18)8-11-4-2-1-3-5-11/h1-7,9,12,16,18H,8,10H2. The van der Waals surface area contributed by atoms with E-state index in [1.165, 1.54) is 5.56 Å². The average molecular weight is 319 g/mol. The van der Waals surface area contributed by atoms with E-state index in [0.29, 0.717) is 6.61 Å². The quantitative estimate of drug-likeness (QED) is 0.914. The third-order valence-electron chi connectivity index (χ3n) is 3.53. The molecule has 2 nitrogen and oxygen atoms in total. The Balaban J connectivity index is 1.82. The molecule has 1 heterocycles. The zero-order valence-corrected chi connectivity index (χ0v) is 12.0. The van der Waals surface area contributed by atoms with Gasteiger partial charge in [-0.15, -0.1) is 0 Å². The Hall–Kier alpha value is -1.32. The first kappa shape index (κ1) is 12.7. The fourth-order valence-electron chi connectivity index (χ4n) is 2.51. The molecule has 19 heavy (non-hydrogen) atoms. The Morgan fingerprint density at radius 1 is 1.16 bits per heavy atom. The maximum atomic E-state index is 10.5. The molecule has 0 amide bonds. The number of aliphatic hydroxyl groups is 1. The monoisotopic (exact) mass is 318 g/mol. The molecule has 2 unspecified atom stereocenters. The van der Waals surface area contributed by atoms with Crippen molar-refractivity contribution in [3.63, 3.8) is 0 Å². The minimum Gasteiger partial charge on any atom is -0.493 e. The Kier molecular flexibility index (Phi) is 3.58. The number of fused-ring (bicyclic) bond motifs is 1. The van der Waals surface area contributed by atoms with E-state index in [-0.39, 0.29) is 5.92 Å². The van der Waals surface area contributed by atoms with Crippen LogP contribution in [0.25, 0.3) is 0 Å². The van der Waals surface area contributed by atoms with Crippen LogP contribution in [0.1, 0.15) is 17.2 Å². The van der Waals surface area contributed by atoms with E-state index in [4.69, 9.17) is 4.74 Å². The van der Waals surface area contributed by atoms with E-state index in [0.717, 1.165) is 22.2 Å². The van der Waals surface area contributed by atoms with Crippen LogP contribution < -0.4 is 4.74 Å². The number of benzene rings is 2. The lowest BCUT2D eigenvalue weighted by atomic mass is 9.88. The zero-order valence-electron chi connectivity index (χ0n) is 10.4. The molecule has 0 saturated carbocycles. The lowest BCUT2D eigenvalue weighted by molar-refractivity contribution is 0.0507. The highest BCUT2D eigenvalue weighted by molar-refractivity contribution is 9.10. The van der Waals surface area contributed by atoms with Crippen LogP contribution in [-0.4, -0.2) is 11.7 Å². The predicted molar refractivity (Wildman–Crippen MR) is 78.2 cm³/mol. The fourth-order valence-corrected chi connectivity index (χ4v) is 2.85. The molecule has 0 bridgehead atoms. The van der Waals surface area contributed by atoms with Gasteiger partial charge in [-0.3, -0.25) is 0 Å². The summed E-state index contributed by atoms with van der Waals surface area (Å²) >= 11 is 3.42. The molecule has 2 atom stereocenters. The molecule has 1 aliphatic heterocycles. The van der Waals surface area contributed by atoms with Gasteiger partial charge in [0.2, 0.25) is 0 Å². The molecule has 3 heteroatoms. The van der Waals surface area contributed by atoms with E-state index in [1.54, 1.807) is 0 Å². The maximum Gasteiger partial charge on any atom is 0.126 e. The number of hydrogen-bond donors (Lipinski definition) is 1. The minimum atomic E-state index is -0.461. The van der Waals surface area contributed by atoms with Gasteiger partial charge in [-0.05, 0) is 24.1 Å². The second-order valence-electron chi connectivity index (χ2n) is 4.89. The summed E-state index contributed by atoms with van der Waals surface area (Å²) in [6.07, 6.45) is 0.370. The minimum absolute atomic E-state index is 0.107. The fraction of sp³-hybridized carbons (Fsp3) is 0.250. The van der Waals surface area contributed by atoms with E-state index < -0.39 is 6.10 Å². The molecule has 2 aromatic carbocycles. The molecule has 1 N–H and O–H groups in total. The van der Waals surface area contributed by atoms with Gasteiger partial charge in [0.05, 0.1) is 12.7 Å². The molecule has 0 saturated heterocycles. The summed E-state index contributed by atoms with van der Waals surface area (Å²) < 4.78 is 6.74. The third-order valence-corrected chi connectivity index (χ3v) is 4.03. The number of rotatable bonds is 2. The highest BCUT2D eigenvalue weighted by Gasteiger charge is 2.29. The first-order valence-electron chi connectivity index (χ1n) is 6.38. The van der Waals surface area contributed by atoms with Gasteiger partial charge in [-0.2, -0.15) is 0 Å². The van der Waals surface area contributed by atoms with Crippen LogP contribution in [0.15, 0.2) is 53.0 Å². The Labute approximate surface area is 121 Å². The summed E-state index contributed by atoms with van der Waals surface area (Å²) in [7, 11) is 0. The number of hydrogen-bond acceptors (Lipinski definition) is 2. The van der Waals surface area contributed by atoms with Crippen LogP contribution in [0.2, 0.25) is 0 Å². The van der Waals surface area contributed by atoms with Gasteiger partial charge in [0.15, 0.2) is 0 Å². The van der Waals surface area contributed by atoms with E-state index in [1.807, 2.05) is 36.4 Å². The van der Waals surface area contributed by atoms with Crippen molar-refractivity contribution in [3.8, 4) is 5.75 Å². The van der Waals surface area contributed by atoms with E-state index in [9.17, 15) is 5.11 Å². The second kappa shape index (κ2) is 5.35. The molecule has 2 aromatic rings. The second-order valence-corrected chi connectivity index (χ2v) is 5.80. The highest BCUT2D eigenvalue weighted by atomic mass is 79.9. The average Bonchev–Trinajstić information content (AvgIpc) is 2.43. The molecule has 1 aliphatic rings.